The van der Waals surface area contributed by atoms with Gasteiger partial charge in [-0.25, -0.2) is 4.98 Å². The minimum absolute atomic E-state index is 0.185. The van der Waals surface area contributed by atoms with Gasteiger partial charge in [-0.2, -0.15) is 0 Å². The Hall–Kier alpha value is -1.33. The zero-order valence-corrected chi connectivity index (χ0v) is 13.8. The van der Waals surface area contributed by atoms with Gasteiger partial charge in [0.25, 0.3) is 0 Å². The molecule has 0 aliphatic carbocycles. The molecule has 3 rings (SSSR count). The van der Waals surface area contributed by atoms with Crippen LogP contribution >= 0.6 is 11.6 Å². The Morgan fingerprint density at radius 3 is 3.00 bits per heavy atom. The molecule has 2 saturated heterocycles. The number of piperazine rings is 1. The number of fused-ring (bicyclic) bond motifs is 1. The predicted molar refractivity (Wildman–Crippen MR) is 88.3 cm³/mol. The van der Waals surface area contributed by atoms with Crippen molar-refractivity contribution in [2.75, 3.05) is 44.7 Å². The van der Waals surface area contributed by atoms with Crippen LogP contribution in [0, 0.1) is 0 Å². The van der Waals surface area contributed by atoms with E-state index in [1.807, 2.05) is 22.9 Å². The van der Waals surface area contributed by atoms with Crippen LogP contribution in [0.4, 0.5) is 5.82 Å². The highest BCUT2D eigenvalue weighted by atomic mass is 35.5. The quantitative estimate of drug-likeness (QED) is 0.851. The second kappa shape index (κ2) is 6.84. The van der Waals surface area contributed by atoms with Crippen molar-refractivity contribution in [2.24, 2.45) is 0 Å². The molecule has 1 aromatic heterocycles. The standard InChI is InChI=1S/C16H23ClN4O/c1-19(15-6-5-13(17)10-18-15)12-16(22)21-9-8-20-7-3-2-4-14(20)11-21/h5-6,10,14H,2-4,7-9,11-12H2,1H3/t14-/m0/s1. The maximum absolute atomic E-state index is 12.5. The summed E-state index contributed by atoms with van der Waals surface area (Å²) < 4.78 is 0. The van der Waals surface area contributed by atoms with Gasteiger partial charge in [-0.1, -0.05) is 18.0 Å². The molecule has 2 fully saturated rings. The molecule has 5 nitrogen and oxygen atoms in total. The van der Waals surface area contributed by atoms with Gasteiger partial charge in [0.2, 0.25) is 5.91 Å². The van der Waals surface area contributed by atoms with E-state index in [1.54, 1.807) is 12.3 Å². The summed E-state index contributed by atoms with van der Waals surface area (Å²) in [5.41, 5.74) is 0. The number of rotatable bonds is 3. The van der Waals surface area contributed by atoms with E-state index in [0.717, 1.165) is 25.5 Å². The van der Waals surface area contributed by atoms with E-state index in [-0.39, 0.29) is 5.91 Å². The number of hydrogen-bond acceptors (Lipinski definition) is 4. The first kappa shape index (κ1) is 15.6. The summed E-state index contributed by atoms with van der Waals surface area (Å²) in [4.78, 5) is 23.2. The third-order valence-corrected chi connectivity index (χ3v) is 4.89. The number of halogens is 1. The summed E-state index contributed by atoms with van der Waals surface area (Å²) in [6, 6.07) is 4.20. The van der Waals surface area contributed by atoms with E-state index in [0.29, 0.717) is 17.6 Å². The fraction of sp³-hybridized carbons (Fsp3) is 0.625. The summed E-state index contributed by atoms with van der Waals surface area (Å²) in [6.45, 7) is 4.29. The summed E-state index contributed by atoms with van der Waals surface area (Å²) in [5.74, 6) is 0.957. The van der Waals surface area contributed by atoms with Crippen molar-refractivity contribution in [1.29, 1.82) is 0 Å². The lowest BCUT2D eigenvalue weighted by atomic mass is 9.99. The van der Waals surface area contributed by atoms with Crippen LogP contribution in [0.5, 0.6) is 0 Å². The van der Waals surface area contributed by atoms with Gasteiger partial charge in [0.15, 0.2) is 0 Å². The number of nitrogens with zero attached hydrogens (tertiary/aromatic N) is 4. The first-order valence-corrected chi connectivity index (χ1v) is 8.36. The summed E-state index contributed by atoms with van der Waals surface area (Å²) >= 11 is 5.85. The SMILES string of the molecule is CN(CC(=O)N1CCN2CCCC[C@H]2C1)c1ccc(Cl)cn1. The van der Waals surface area contributed by atoms with Crippen LogP contribution in [-0.4, -0.2) is 66.5 Å². The van der Waals surface area contributed by atoms with Crippen LogP contribution < -0.4 is 4.90 Å². The Balaban J connectivity index is 1.56. The maximum atomic E-state index is 12.5. The Labute approximate surface area is 136 Å². The highest BCUT2D eigenvalue weighted by Gasteiger charge is 2.31. The number of carbonyl (C=O) groups excluding carboxylic acids is 1. The van der Waals surface area contributed by atoms with Crippen molar-refractivity contribution >= 4 is 23.3 Å². The topological polar surface area (TPSA) is 39.7 Å². The number of aromatic nitrogens is 1. The zero-order valence-electron chi connectivity index (χ0n) is 13.0. The van der Waals surface area contributed by atoms with Crippen molar-refractivity contribution in [3.05, 3.63) is 23.4 Å². The van der Waals surface area contributed by atoms with Crippen LogP contribution in [0.3, 0.4) is 0 Å². The molecule has 2 aliphatic rings. The summed E-state index contributed by atoms with van der Waals surface area (Å²) in [5, 5.41) is 0.608. The van der Waals surface area contributed by atoms with Crippen molar-refractivity contribution in [3.63, 3.8) is 0 Å². The van der Waals surface area contributed by atoms with E-state index in [4.69, 9.17) is 11.6 Å². The van der Waals surface area contributed by atoms with Crippen molar-refractivity contribution in [2.45, 2.75) is 25.3 Å². The Kier molecular flexibility index (Phi) is 4.84. The van der Waals surface area contributed by atoms with Crippen LogP contribution in [-0.2, 0) is 4.79 Å². The fourth-order valence-corrected chi connectivity index (χ4v) is 3.47. The first-order valence-electron chi connectivity index (χ1n) is 7.98. The zero-order chi connectivity index (χ0) is 15.5. The van der Waals surface area contributed by atoms with E-state index >= 15 is 0 Å². The molecule has 6 heteroatoms. The molecule has 0 bridgehead atoms. The number of amides is 1. The van der Waals surface area contributed by atoms with Crippen LogP contribution in [0.15, 0.2) is 18.3 Å². The number of carbonyl (C=O) groups is 1. The van der Waals surface area contributed by atoms with E-state index in [9.17, 15) is 4.79 Å². The highest BCUT2D eigenvalue weighted by Crippen LogP contribution is 2.21. The lowest BCUT2D eigenvalue weighted by molar-refractivity contribution is -0.133. The molecular weight excluding hydrogens is 300 g/mol. The van der Waals surface area contributed by atoms with Gasteiger partial charge in [-0.05, 0) is 31.5 Å². The van der Waals surface area contributed by atoms with E-state index < -0.39 is 0 Å². The number of anilines is 1. The summed E-state index contributed by atoms with van der Waals surface area (Å²) in [7, 11) is 1.89. The molecule has 0 spiro atoms. The lowest BCUT2D eigenvalue weighted by Crippen LogP contribution is -2.57. The van der Waals surface area contributed by atoms with E-state index in [1.165, 1.54) is 25.8 Å². The molecular formula is C16H23ClN4O. The minimum Gasteiger partial charge on any atom is -0.350 e. The molecule has 1 aromatic rings. The van der Waals surface area contributed by atoms with Crippen molar-refractivity contribution in [1.82, 2.24) is 14.8 Å². The average molecular weight is 323 g/mol. The predicted octanol–water partition coefficient (Wildman–Crippen LogP) is 1.87. The molecule has 120 valence electrons. The average Bonchev–Trinajstić information content (AvgIpc) is 2.55. The maximum Gasteiger partial charge on any atom is 0.242 e. The third-order valence-electron chi connectivity index (χ3n) is 4.67. The molecule has 22 heavy (non-hydrogen) atoms. The minimum atomic E-state index is 0.185. The highest BCUT2D eigenvalue weighted by molar-refractivity contribution is 6.30. The second-order valence-electron chi connectivity index (χ2n) is 6.22. The molecule has 3 heterocycles. The molecule has 0 radical (unpaired) electrons. The molecule has 2 aliphatic heterocycles. The largest absolute Gasteiger partial charge is 0.350 e. The number of hydrogen-bond donors (Lipinski definition) is 0. The van der Waals surface area contributed by atoms with Gasteiger partial charge in [0, 0.05) is 38.9 Å². The Morgan fingerprint density at radius 1 is 1.36 bits per heavy atom. The normalized spacial score (nSPS) is 22.3. The summed E-state index contributed by atoms with van der Waals surface area (Å²) in [6.07, 6.45) is 5.42. The molecule has 0 unspecified atom stereocenters. The fourth-order valence-electron chi connectivity index (χ4n) is 3.36. The first-order chi connectivity index (χ1) is 10.6. The molecule has 1 atom stereocenters. The third kappa shape index (κ3) is 3.52. The van der Waals surface area contributed by atoms with Crippen LogP contribution in [0.1, 0.15) is 19.3 Å². The van der Waals surface area contributed by atoms with Crippen LogP contribution in [0.2, 0.25) is 5.02 Å². The van der Waals surface area contributed by atoms with Gasteiger partial charge in [0.1, 0.15) is 5.82 Å². The van der Waals surface area contributed by atoms with Gasteiger partial charge in [0.05, 0.1) is 11.6 Å². The van der Waals surface area contributed by atoms with Gasteiger partial charge in [-0.3, -0.25) is 9.69 Å². The monoisotopic (exact) mass is 322 g/mol. The van der Waals surface area contributed by atoms with Gasteiger partial charge < -0.3 is 9.80 Å². The number of likely N-dealkylation sites (N-methyl/N-ethyl adjacent to an activating group) is 1. The smallest absolute Gasteiger partial charge is 0.242 e. The molecule has 1 amide bonds. The molecule has 0 N–H and O–H groups in total. The molecule has 0 aromatic carbocycles. The van der Waals surface area contributed by atoms with Gasteiger partial charge >= 0.3 is 0 Å². The van der Waals surface area contributed by atoms with Crippen molar-refractivity contribution < 1.29 is 4.79 Å². The van der Waals surface area contributed by atoms with Crippen LogP contribution in [0.25, 0.3) is 0 Å². The number of pyridine rings is 1. The Bertz CT molecular complexity index is 521. The number of piperidine rings is 1. The molecule has 0 saturated carbocycles. The second-order valence-corrected chi connectivity index (χ2v) is 6.65. The lowest BCUT2D eigenvalue weighted by Gasteiger charge is -2.44. The van der Waals surface area contributed by atoms with Crippen molar-refractivity contribution in [3.8, 4) is 0 Å². The van der Waals surface area contributed by atoms with E-state index in [2.05, 4.69) is 9.88 Å². The van der Waals surface area contributed by atoms with Gasteiger partial charge in [-0.15, -0.1) is 0 Å². The Morgan fingerprint density at radius 2 is 2.23 bits per heavy atom.